The fourth-order valence-electron chi connectivity index (χ4n) is 1.40. The summed E-state index contributed by atoms with van der Waals surface area (Å²) in [6, 6.07) is 8.67. The van der Waals surface area contributed by atoms with Crippen molar-refractivity contribution >= 4 is 23.1 Å². The molecule has 0 amide bonds. The minimum Gasteiger partial charge on any atom is -0.324 e. The van der Waals surface area contributed by atoms with Crippen molar-refractivity contribution in [1.82, 2.24) is 0 Å². The standard InChI is InChI=1S/C12H12FNS2/c1-8(14)10-7-9(13)4-5-11(10)16-12-3-2-6-15-12/h2-8H,14H2,1H3/t8-/m0/s1. The van der Waals surface area contributed by atoms with E-state index >= 15 is 0 Å². The van der Waals surface area contributed by atoms with E-state index in [-0.39, 0.29) is 11.9 Å². The van der Waals surface area contributed by atoms with Crippen LogP contribution in [0, 0.1) is 5.82 Å². The van der Waals surface area contributed by atoms with E-state index < -0.39 is 0 Å². The summed E-state index contributed by atoms with van der Waals surface area (Å²) in [6.07, 6.45) is 0. The van der Waals surface area contributed by atoms with Gasteiger partial charge in [-0.2, -0.15) is 0 Å². The molecule has 1 aromatic heterocycles. The van der Waals surface area contributed by atoms with E-state index in [1.807, 2.05) is 24.4 Å². The quantitative estimate of drug-likeness (QED) is 0.892. The topological polar surface area (TPSA) is 26.0 Å². The fraction of sp³-hybridized carbons (Fsp3) is 0.167. The molecule has 2 N–H and O–H groups in total. The zero-order chi connectivity index (χ0) is 11.5. The van der Waals surface area contributed by atoms with Crippen LogP contribution in [0.5, 0.6) is 0 Å². The molecule has 16 heavy (non-hydrogen) atoms. The summed E-state index contributed by atoms with van der Waals surface area (Å²) >= 11 is 3.30. The lowest BCUT2D eigenvalue weighted by molar-refractivity contribution is 0.619. The molecule has 84 valence electrons. The molecule has 0 saturated carbocycles. The number of hydrogen-bond donors (Lipinski definition) is 1. The molecule has 0 aliphatic rings. The molecule has 1 nitrogen and oxygen atoms in total. The summed E-state index contributed by atoms with van der Waals surface area (Å²) in [5, 5.41) is 2.03. The first-order valence-electron chi connectivity index (χ1n) is 4.93. The van der Waals surface area contributed by atoms with Gasteiger partial charge < -0.3 is 5.73 Å². The number of hydrogen-bond acceptors (Lipinski definition) is 3. The second kappa shape index (κ2) is 4.99. The van der Waals surface area contributed by atoms with Gasteiger partial charge >= 0.3 is 0 Å². The summed E-state index contributed by atoms with van der Waals surface area (Å²) in [4.78, 5) is 1.03. The lowest BCUT2D eigenvalue weighted by Crippen LogP contribution is -2.06. The minimum absolute atomic E-state index is 0.154. The molecule has 0 saturated heterocycles. The largest absolute Gasteiger partial charge is 0.324 e. The number of benzene rings is 1. The predicted octanol–water partition coefficient (Wildman–Crippen LogP) is 4.06. The molecule has 1 atom stereocenters. The van der Waals surface area contributed by atoms with Crippen molar-refractivity contribution in [2.45, 2.75) is 22.1 Å². The third-order valence-electron chi connectivity index (χ3n) is 2.17. The summed E-state index contributed by atoms with van der Waals surface area (Å²) < 4.78 is 14.3. The third-order valence-corrected chi connectivity index (χ3v) is 4.30. The average molecular weight is 253 g/mol. The van der Waals surface area contributed by atoms with Gasteiger partial charge in [-0.05, 0) is 42.1 Å². The Morgan fingerprint density at radius 2 is 2.19 bits per heavy atom. The van der Waals surface area contributed by atoms with E-state index in [0.29, 0.717) is 0 Å². The highest BCUT2D eigenvalue weighted by atomic mass is 32.2. The van der Waals surface area contributed by atoms with Crippen LogP contribution in [-0.4, -0.2) is 0 Å². The van der Waals surface area contributed by atoms with Crippen LogP contribution in [-0.2, 0) is 0 Å². The van der Waals surface area contributed by atoms with Crippen LogP contribution in [0.1, 0.15) is 18.5 Å². The van der Waals surface area contributed by atoms with E-state index in [4.69, 9.17) is 5.73 Å². The highest BCUT2D eigenvalue weighted by Crippen LogP contribution is 2.35. The van der Waals surface area contributed by atoms with Crippen LogP contribution in [0.4, 0.5) is 4.39 Å². The Hall–Kier alpha value is -0.840. The second-order valence-corrected chi connectivity index (χ2v) is 5.79. The van der Waals surface area contributed by atoms with Gasteiger partial charge in [0.15, 0.2) is 0 Å². The van der Waals surface area contributed by atoms with Crippen molar-refractivity contribution in [2.24, 2.45) is 5.73 Å². The molecular formula is C12H12FNS2. The Morgan fingerprint density at radius 1 is 1.38 bits per heavy atom. The summed E-state index contributed by atoms with van der Waals surface area (Å²) in [7, 11) is 0. The van der Waals surface area contributed by atoms with Crippen molar-refractivity contribution in [2.75, 3.05) is 0 Å². The lowest BCUT2D eigenvalue weighted by atomic mass is 10.1. The molecular weight excluding hydrogens is 241 g/mol. The molecule has 0 aliphatic carbocycles. The molecule has 4 heteroatoms. The average Bonchev–Trinajstić information content (AvgIpc) is 2.73. The monoisotopic (exact) mass is 253 g/mol. The lowest BCUT2D eigenvalue weighted by Gasteiger charge is -2.11. The van der Waals surface area contributed by atoms with Gasteiger partial charge in [-0.25, -0.2) is 4.39 Å². The van der Waals surface area contributed by atoms with Crippen molar-refractivity contribution in [3.05, 3.63) is 47.1 Å². The van der Waals surface area contributed by atoms with Crippen LogP contribution in [0.15, 0.2) is 44.8 Å². The fourth-order valence-corrected chi connectivity index (χ4v) is 3.34. The first-order chi connectivity index (χ1) is 7.66. The highest BCUT2D eigenvalue weighted by molar-refractivity contribution is 8.01. The molecule has 1 aromatic carbocycles. The highest BCUT2D eigenvalue weighted by Gasteiger charge is 2.10. The second-order valence-electron chi connectivity index (χ2n) is 3.50. The summed E-state index contributed by atoms with van der Waals surface area (Å²) in [6.45, 7) is 1.87. The molecule has 0 bridgehead atoms. The van der Waals surface area contributed by atoms with Gasteiger partial charge in [0.05, 0.1) is 4.21 Å². The smallest absolute Gasteiger partial charge is 0.123 e. The van der Waals surface area contributed by atoms with Crippen LogP contribution >= 0.6 is 23.1 Å². The normalized spacial score (nSPS) is 12.7. The first-order valence-corrected chi connectivity index (χ1v) is 6.63. The molecule has 2 aromatic rings. The van der Waals surface area contributed by atoms with Gasteiger partial charge in [0.25, 0.3) is 0 Å². The number of halogens is 1. The van der Waals surface area contributed by atoms with Gasteiger partial charge in [0.1, 0.15) is 5.82 Å². The maximum absolute atomic E-state index is 13.1. The van der Waals surface area contributed by atoms with Crippen LogP contribution < -0.4 is 5.73 Å². The van der Waals surface area contributed by atoms with Crippen molar-refractivity contribution in [3.63, 3.8) is 0 Å². The molecule has 0 radical (unpaired) electrons. The SMILES string of the molecule is C[C@H](N)c1cc(F)ccc1Sc1cccs1. The number of nitrogens with two attached hydrogens (primary N) is 1. The predicted molar refractivity (Wildman–Crippen MR) is 67.4 cm³/mol. The molecule has 2 rings (SSSR count). The van der Waals surface area contributed by atoms with Crippen LogP contribution in [0.2, 0.25) is 0 Å². The van der Waals surface area contributed by atoms with Gasteiger partial charge in [-0.15, -0.1) is 11.3 Å². The maximum Gasteiger partial charge on any atom is 0.123 e. The maximum atomic E-state index is 13.1. The number of rotatable bonds is 3. The zero-order valence-corrected chi connectivity index (χ0v) is 10.4. The Bertz CT molecular complexity index is 466. The van der Waals surface area contributed by atoms with Crippen LogP contribution in [0.3, 0.4) is 0 Å². The van der Waals surface area contributed by atoms with E-state index in [1.165, 1.54) is 16.3 Å². The molecule has 0 unspecified atom stereocenters. The Labute approximate surface area is 102 Å². The van der Waals surface area contributed by atoms with E-state index in [1.54, 1.807) is 29.2 Å². The van der Waals surface area contributed by atoms with E-state index in [0.717, 1.165) is 10.5 Å². The van der Waals surface area contributed by atoms with Crippen molar-refractivity contribution in [3.8, 4) is 0 Å². The Kier molecular flexibility index (Phi) is 3.63. The molecule has 0 spiro atoms. The van der Waals surface area contributed by atoms with Crippen LogP contribution in [0.25, 0.3) is 0 Å². The molecule has 0 aliphatic heterocycles. The third kappa shape index (κ3) is 2.64. The van der Waals surface area contributed by atoms with Gasteiger partial charge in [0, 0.05) is 10.9 Å². The first kappa shape index (κ1) is 11.6. The Morgan fingerprint density at radius 3 is 2.81 bits per heavy atom. The van der Waals surface area contributed by atoms with Gasteiger partial charge in [-0.3, -0.25) is 0 Å². The van der Waals surface area contributed by atoms with Gasteiger partial charge in [0.2, 0.25) is 0 Å². The van der Waals surface area contributed by atoms with Gasteiger partial charge in [-0.1, -0.05) is 17.8 Å². The van der Waals surface area contributed by atoms with Crippen molar-refractivity contribution in [1.29, 1.82) is 0 Å². The van der Waals surface area contributed by atoms with Crippen molar-refractivity contribution < 1.29 is 4.39 Å². The Balaban J connectivity index is 2.33. The molecule has 0 fully saturated rings. The van der Waals surface area contributed by atoms with E-state index in [9.17, 15) is 4.39 Å². The van der Waals surface area contributed by atoms with E-state index in [2.05, 4.69) is 0 Å². The molecule has 1 heterocycles. The zero-order valence-electron chi connectivity index (χ0n) is 8.81. The minimum atomic E-state index is -0.233. The summed E-state index contributed by atoms with van der Waals surface area (Å²) in [5.41, 5.74) is 6.70. The number of thiophene rings is 1. The summed E-state index contributed by atoms with van der Waals surface area (Å²) in [5.74, 6) is -0.233.